The zero-order valence-corrected chi connectivity index (χ0v) is 13.0. The summed E-state index contributed by atoms with van der Waals surface area (Å²) in [5, 5.41) is 7.01. The van der Waals surface area contributed by atoms with Crippen LogP contribution < -0.4 is 10.6 Å². The number of carbonyl (C=O) groups is 1. The predicted octanol–water partition coefficient (Wildman–Crippen LogP) is 4.08. The Morgan fingerprint density at radius 1 is 1.40 bits per heavy atom. The molecular formula is C16H23ClN2O. The van der Waals surface area contributed by atoms with E-state index in [1.807, 2.05) is 12.1 Å². The summed E-state index contributed by atoms with van der Waals surface area (Å²) in [6.45, 7) is 5.19. The van der Waals surface area contributed by atoms with Crippen LogP contribution in [0.15, 0.2) is 18.2 Å². The number of benzene rings is 1. The number of anilines is 1. The quantitative estimate of drug-likeness (QED) is 0.859. The maximum atomic E-state index is 12.4. The number of halogens is 1. The van der Waals surface area contributed by atoms with Crippen LogP contribution >= 0.6 is 11.6 Å². The normalized spacial score (nSPS) is 21.8. The Labute approximate surface area is 126 Å². The van der Waals surface area contributed by atoms with Crippen molar-refractivity contribution in [3.05, 3.63) is 28.8 Å². The summed E-state index contributed by atoms with van der Waals surface area (Å²) in [7, 11) is 0. The zero-order valence-electron chi connectivity index (χ0n) is 12.2. The summed E-state index contributed by atoms with van der Waals surface area (Å²) in [5.41, 5.74) is 1.50. The number of nitrogens with one attached hydrogen (secondary N) is 2. The minimum atomic E-state index is -0.0230. The third-order valence-electron chi connectivity index (χ3n) is 3.82. The molecule has 110 valence electrons. The molecule has 0 saturated heterocycles. The fourth-order valence-electron chi connectivity index (χ4n) is 2.72. The van der Waals surface area contributed by atoms with Crippen molar-refractivity contribution < 1.29 is 4.79 Å². The van der Waals surface area contributed by atoms with Crippen LogP contribution in [0, 0.1) is 5.92 Å². The molecule has 1 aliphatic rings. The molecular weight excluding hydrogens is 272 g/mol. The first-order valence-electron chi connectivity index (χ1n) is 7.44. The standard InChI is InChI=1S/C16H23ClN2O/c1-3-8-18-15-7-5-12(17)10-14(15)16(20)19-13-6-4-11(2)9-13/h5,7,10-11,13,18H,3-4,6,8-9H2,1-2H3,(H,19,20). The van der Waals surface area contributed by atoms with E-state index in [0.29, 0.717) is 22.5 Å². The van der Waals surface area contributed by atoms with E-state index in [2.05, 4.69) is 24.5 Å². The van der Waals surface area contributed by atoms with E-state index in [-0.39, 0.29) is 5.91 Å². The van der Waals surface area contributed by atoms with Crippen LogP contribution in [-0.4, -0.2) is 18.5 Å². The van der Waals surface area contributed by atoms with E-state index in [1.165, 1.54) is 6.42 Å². The third-order valence-corrected chi connectivity index (χ3v) is 4.06. The molecule has 2 unspecified atom stereocenters. The SMILES string of the molecule is CCCNc1ccc(Cl)cc1C(=O)NC1CCC(C)C1. The molecule has 4 heteroatoms. The molecule has 20 heavy (non-hydrogen) atoms. The van der Waals surface area contributed by atoms with Gasteiger partial charge in [0, 0.05) is 23.3 Å². The van der Waals surface area contributed by atoms with Crippen LogP contribution in [0.2, 0.25) is 5.02 Å². The molecule has 1 aliphatic carbocycles. The van der Waals surface area contributed by atoms with Gasteiger partial charge in [-0.25, -0.2) is 0 Å². The van der Waals surface area contributed by atoms with Gasteiger partial charge in [0.15, 0.2) is 0 Å². The number of carbonyl (C=O) groups excluding carboxylic acids is 1. The fourth-order valence-corrected chi connectivity index (χ4v) is 2.89. The van der Waals surface area contributed by atoms with Gasteiger partial charge in [-0.05, 0) is 49.8 Å². The lowest BCUT2D eigenvalue weighted by Crippen LogP contribution is -2.33. The van der Waals surface area contributed by atoms with Gasteiger partial charge in [-0.1, -0.05) is 25.4 Å². The van der Waals surface area contributed by atoms with E-state index in [0.717, 1.165) is 31.5 Å². The molecule has 2 N–H and O–H groups in total. The fraction of sp³-hybridized carbons (Fsp3) is 0.562. The summed E-state index contributed by atoms with van der Waals surface area (Å²) in [6, 6.07) is 5.74. The number of hydrogen-bond donors (Lipinski definition) is 2. The van der Waals surface area contributed by atoms with Crippen molar-refractivity contribution in [2.45, 2.75) is 45.6 Å². The van der Waals surface area contributed by atoms with Gasteiger partial charge in [0.25, 0.3) is 5.91 Å². The molecule has 1 aromatic carbocycles. The van der Waals surface area contributed by atoms with Crippen LogP contribution in [0.1, 0.15) is 49.9 Å². The van der Waals surface area contributed by atoms with Gasteiger partial charge in [-0.2, -0.15) is 0 Å². The molecule has 1 amide bonds. The summed E-state index contributed by atoms with van der Waals surface area (Å²) >= 11 is 6.03. The van der Waals surface area contributed by atoms with E-state index in [9.17, 15) is 4.79 Å². The summed E-state index contributed by atoms with van der Waals surface area (Å²) in [5.74, 6) is 0.683. The van der Waals surface area contributed by atoms with Crippen molar-refractivity contribution in [3.8, 4) is 0 Å². The lowest BCUT2D eigenvalue weighted by atomic mass is 10.1. The Hall–Kier alpha value is -1.22. The Morgan fingerprint density at radius 3 is 2.85 bits per heavy atom. The van der Waals surface area contributed by atoms with E-state index < -0.39 is 0 Å². The molecule has 1 fully saturated rings. The van der Waals surface area contributed by atoms with Gasteiger partial charge >= 0.3 is 0 Å². The lowest BCUT2D eigenvalue weighted by Gasteiger charge is -2.16. The second-order valence-corrected chi connectivity index (χ2v) is 6.14. The van der Waals surface area contributed by atoms with Crippen LogP contribution in [0.3, 0.4) is 0 Å². The van der Waals surface area contributed by atoms with Gasteiger partial charge in [0.05, 0.1) is 5.56 Å². The van der Waals surface area contributed by atoms with Crippen molar-refractivity contribution >= 4 is 23.2 Å². The highest BCUT2D eigenvalue weighted by Crippen LogP contribution is 2.26. The topological polar surface area (TPSA) is 41.1 Å². The van der Waals surface area contributed by atoms with E-state index in [4.69, 9.17) is 11.6 Å². The molecule has 2 atom stereocenters. The van der Waals surface area contributed by atoms with Crippen LogP contribution in [0.5, 0.6) is 0 Å². The smallest absolute Gasteiger partial charge is 0.253 e. The summed E-state index contributed by atoms with van der Waals surface area (Å²) < 4.78 is 0. The second kappa shape index (κ2) is 6.98. The van der Waals surface area contributed by atoms with Crippen LogP contribution in [-0.2, 0) is 0 Å². The average molecular weight is 295 g/mol. The molecule has 0 heterocycles. The van der Waals surface area contributed by atoms with Crippen molar-refractivity contribution in [3.63, 3.8) is 0 Å². The predicted molar refractivity (Wildman–Crippen MR) is 84.5 cm³/mol. The van der Waals surface area contributed by atoms with Gasteiger partial charge in [-0.15, -0.1) is 0 Å². The van der Waals surface area contributed by atoms with E-state index in [1.54, 1.807) is 6.07 Å². The first-order valence-corrected chi connectivity index (χ1v) is 7.82. The van der Waals surface area contributed by atoms with Gasteiger partial charge in [-0.3, -0.25) is 4.79 Å². The van der Waals surface area contributed by atoms with E-state index >= 15 is 0 Å². The van der Waals surface area contributed by atoms with Crippen LogP contribution in [0.25, 0.3) is 0 Å². The molecule has 0 aliphatic heterocycles. The largest absolute Gasteiger partial charge is 0.384 e. The minimum Gasteiger partial charge on any atom is -0.384 e. The number of hydrogen-bond acceptors (Lipinski definition) is 2. The average Bonchev–Trinajstić information content (AvgIpc) is 2.82. The van der Waals surface area contributed by atoms with Crippen molar-refractivity contribution in [2.24, 2.45) is 5.92 Å². The maximum absolute atomic E-state index is 12.4. The maximum Gasteiger partial charge on any atom is 0.253 e. The zero-order chi connectivity index (χ0) is 14.5. The van der Waals surface area contributed by atoms with Gasteiger partial charge < -0.3 is 10.6 Å². The highest BCUT2D eigenvalue weighted by Gasteiger charge is 2.24. The molecule has 0 aromatic heterocycles. The summed E-state index contributed by atoms with van der Waals surface area (Å²) in [4.78, 5) is 12.4. The molecule has 1 saturated carbocycles. The second-order valence-electron chi connectivity index (χ2n) is 5.71. The Morgan fingerprint density at radius 2 is 2.20 bits per heavy atom. The molecule has 0 bridgehead atoms. The molecule has 2 rings (SSSR count). The summed E-state index contributed by atoms with van der Waals surface area (Å²) in [6.07, 6.45) is 4.36. The number of rotatable bonds is 5. The minimum absolute atomic E-state index is 0.0230. The third kappa shape index (κ3) is 3.89. The van der Waals surface area contributed by atoms with Gasteiger partial charge in [0.1, 0.15) is 0 Å². The highest BCUT2D eigenvalue weighted by atomic mass is 35.5. The molecule has 3 nitrogen and oxygen atoms in total. The molecule has 0 spiro atoms. The van der Waals surface area contributed by atoms with Crippen molar-refractivity contribution in [1.82, 2.24) is 5.32 Å². The molecule has 1 aromatic rings. The monoisotopic (exact) mass is 294 g/mol. The van der Waals surface area contributed by atoms with Crippen molar-refractivity contribution in [1.29, 1.82) is 0 Å². The first-order chi connectivity index (χ1) is 9.60. The Balaban J connectivity index is 2.09. The number of amides is 1. The first kappa shape index (κ1) is 15.2. The Bertz CT molecular complexity index is 476. The van der Waals surface area contributed by atoms with Crippen molar-refractivity contribution in [2.75, 3.05) is 11.9 Å². The Kier molecular flexibility index (Phi) is 5.30. The molecule has 0 radical (unpaired) electrons. The highest BCUT2D eigenvalue weighted by molar-refractivity contribution is 6.31. The van der Waals surface area contributed by atoms with Crippen LogP contribution in [0.4, 0.5) is 5.69 Å². The van der Waals surface area contributed by atoms with Gasteiger partial charge in [0.2, 0.25) is 0 Å². The lowest BCUT2D eigenvalue weighted by molar-refractivity contribution is 0.0938.